The molecule has 1 amide bonds. The van der Waals surface area contributed by atoms with Gasteiger partial charge in [-0.1, -0.05) is 44.2 Å². The summed E-state index contributed by atoms with van der Waals surface area (Å²) < 4.78 is 0. The second-order valence-electron chi connectivity index (χ2n) is 7.01. The summed E-state index contributed by atoms with van der Waals surface area (Å²) in [6.07, 6.45) is 0.116. The zero-order valence-electron chi connectivity index (χ0n) is 16.1. The molecule has 6 nitrogen and oxygen atoms in total. The minimum Gasteiger partial charge on any atom is -0.504 e. The fourth-order valence-electron chi connectivity index (χ4n) is 2.82. The first-order chi connectivity index (χ1) is 13.9. The lowest BCUT2D eigenvalue weighted by molar-refractivity contribution is -0.118. The van der Waals surface area contributed by atoms with E-state index in [0.717, 1.165) is 11.3 Å². The number of rotatable bonds is 6. The van der Waals surface area contributed by atoms with Crippen molar-refractivity contribution in [2.75, 3.05) is 5.32 Å². The molecule has 148 valence electrons. The normalized spacial score (nSPS) is 11.8. The van der Waals surface area contributed by atoms with Crippen LogP contribution in [0.2, 0.25) is 0 Å². The van der Waals surface area contributed by atoms with Crippen LogP contribution in [0.25, 0.3) is 11.3 Å². The van der Waals surface area contributed by atoms with Gasteiger partial charge < -0.3 is 15.5 Å². The van der Waals surface area contributed by atoms with E-state index in [1.165, 1.54) is 29.0 Å². The van der Waals surface area contributed by atoms with Crippen molar-refractivity contribution in [1.29, 1.82) is 5.26 Å². The molecule has 0 fully saturated rings. The highest BCUT2D eigenvalue weighted by molar-refractivity contribution is 7.14. The summed E-state index contributed by atoms with van der Waals surface area (Å²) in [5.41, 5.74) is 3.54. The molecule has 0 aliphatic carbocycles. The van der Waals surface area contributed by atoms with Crippen LogP contribution in [0.1, 0.15) is 30.9 Å². The molecule has 0 aliphatic heterocycles. The standard InChI is InChI=1S/C22H21N3O3S/c1-13(2)15-4-6-16(7-5-15)18-12-29-22(24-18)25-21(28)17(11-23)9-14-3-8-19(26)20(27)10-14/h3-8,10,12-13,17,26-27H,9H2,1-2H3,(H,24,25,28). The number of anilines is 1. The number of carbonyl (C=O) groups is 1. The van der Waals surface area contributed by atoms with Crippen molar-refractivity contribution in [1.82, 2.24) is 4.98 Å². The van der Waals surface area contributed by atoms with E-state index in [1.807, 2.05) is 23.6 Å². The van der Waals surface area contributed by atoms with E-state index in [0.29, 0.717) is 16.6 Å². The summed E-state index contributed by atoms with van der Waals surface area (Å²) in [5, 5.41) is 33.3. The number of benzene rings is 2. The van der Waals surface area contributed by atoms with Crippen LogP contribution in [0, 0.1) is 17.2 Å². The molecule has 7 heteroatoms. The van der Waals surface area contributed by atoms with Gasteiger partial charge in [-0.2, -0.15) is 5.26 Å². The molecular formula is C22H21N3O3S. The zero-order valence-corrected chi connectivity index (χ0v) is 16.9. The average molecular weight is 407 g/mol. The largest absolute Gasteiger partial charge is 0.504 e. The maximum Gasteiger partial charge on any atom is 0.243 e. The maximum atomic E-state index is 12.5. The third kappa shape index (κ3) is 4.92. The number of nitrogens with one attached hydrogen (secondary N) is 1. The molecule has 0 saturated heterocycles. The Hall–Kier alpha value is -3.37. The first kappa shape index (κ1) is 20.4. The number of phenols is 2. The lowest BCUT2D eigenvalue weighted by Gasteiger charge is -2.09. The zero-order chi connectivity index (χ0) is 21.0. The summed E-state index contributed by atoms with van der Waals surface area (Å²) in [5.74, 6) is -1.49. The molecule has 3 rings (SSSR count). The highest BCUT2D eigenvalue weighted by atomic mass is 32.1. The van der Waals surface area contributed by atoms with Crippen molar-refractivity contribution in [3.8, 4) is 28.8 Å². The average Bonchev–Trinajstić information content (AvgIpc) is 3.17. The second-order valence-corrected chi connectivity index (χ2v) is 7.87. The summed E-state index contributed by atoms with van der Waals surface area (Å²) >= 11 is 1.30. The summed E-state index contributed by atoms with van der Waals surface area (Å²) in [7, 11) is 0. The van der Waals surface area contributed by atoms with Crippen LogP contribution in [0.3, 0.4) is 0 Å². The molecule has 0 spiro atoms. The molecular weight excluding hydrogens is 386 g/mol. The van der Waals surface area contributed by atoms with E-state index >= 15 is 0 Å². The molecule has 2 aromatic carbocycles. The summed E-state index contributed by atoms with van der Waals surface area (Å²) in [6, 6.07) is 14.4. The van der Waals surface area contributed by atoms with E-state index in [2.05, 4.69) is 36.3 Å². The lowest BCUT2D eigenvalue weighted by Crippen LogP contribution is -2.23. The van der Waals surface area contributed by atoms with E-state index in [1.54, 1.807) is 6.07 Å². The van der Waals surface area contributed by atoms with Gasteiger partial charge in [-0.05, 0) is 35.6 Å². The third-order valence-corrected chi connectivity index (χ3v) is 5.32. The van der Waals surface area contributed by atoms with Crippen LogP contribution < -0.4 is 5.32 Å². The minimum atomic E-state index is -0.948. The van der Waals surface area contributed by atoms with Crippen molar-refractivity contribution >= 4 is 22.4 Å². The van der Waals surface area contributed by atoms with Crippen molar-refractivity contribution < 1.29 is 15.0 Å². The van der Waals surface area contributed by atoms with Gasteiger partial charge in [-0.3, -0.25) is 4.79 Å². The van der Waals surface area contributed by atoms with Crippen LogP contribution in [0.15, 0.2) is 47.8 Å². The van der Waals surface area contributed by atoms with Gasteiger partial charge in [0, 0.05) is 10.9 Å². The fourth-order valence-corrected chi connectivity index (χ4v) is 3.55. The Balaban J connectivity index is 1.68. The van der Waals surface area contributed by atoms with E-state index in [4.69, 9.17) is 0 Å². The van der Waals surface area contributed by atoms with Crippen LogP contribution in [-0.2, 0) is 11.2 Å². The Bertz CT molecular complexity index is 1050. The number of hydrogen-bond acceptors (Lipinski definition) is 6. The number of thiazole rings is 1. The summed E-state index contributed by atoms with van der Waals surface area (Å²) in [4.78, 5) is 16.9. The van der Waals surface area contributed by atoms with E-state index < -0.39 is 11.8 Å². The number of aromatic hydroxyl groups is 2. The predicted octanol–water partition coefficient (Wildman–Crippen LogP) is 4.67. The quantitative estimate of drug-likeness (QED) is 0.515. The Morgan fingerprint density at radius 2 is 1.90 bits per heavy atom. The topological polar surface area (TPSA) is 106 Å². The molecule has 0 radical (unpaired) electrons. The molecule has 0 saturated carbocycles. The Morgan fingerprint density at radius 1 is 1.17 bits per heavy atom. The van der Waals surface area contributed by atoms with Crippen molar-refractivity contribution in [3.63, 3.8) is 0 Å². The molecule has 1 unspecified atom stereocenters. The Kier molecular flexibility index (Phi) is 6.15. The first-order valence-corrected chi connectivity index (χ1v) is 10.0. The number of phenolic OH excluding ortho intramolecular Hbond substituents is 2. The molecule has 3 aromatic rings. The van der Waals surface area contributed by atoms with Gasteiger partial charge in [0.2, 0.25) is 5.91 Å². The van der Waals surface area contributed by atoms with Gasteiger partial charge in [0.15, 0.2) is 16.6 Å². The second kappa shape index (κ2) is 8.76. The van der Waals surface area contributed by atoms with Gasteiger partial charge >= 0.3 is 0 Å². The Labute approximate surface area is 173 Å². The van der Waals surface area contributed by atoms with Gasteiger partial charge in [0.1, 0.15) is 5.92 Å². The van der Waals surface area contributed by atoms with Gasteiger partial charge in [0.05, 0.1) is 11.8 Å². The smallest absolute Gasteiger partial charge is 0.243 e. The van der Waals surface area contributed by atoms with Crippen molar-refractivity contribution in [2.45, 2.75) is 26.2 Å². The Morgan fingerprint density at radius 3 is 2.52 bits per heavy atom. The molecule has 1 atom stereocenters. The minimum absolute atomic E-state index is 0.116. The number of amides is 1. The van der Waals surface area contributed by atoms with Gasteiger partial charge in [-0.25, -0.2) is 4.98 Å². The SMILES string of the molecule is CC(C)c1ccc(-c2csc(NC(=O)C(C#N)Cc3ccc(O)c(O)c3)n2)cc1. The maximum absolute atomic E-state index is 12.5. The van der Waals surface area contributed by atoms with Crippen LogP contribution >= 0.6 is 11.3 Å². The number of carbonyl (C=O) groups excluding carboxylic acids is 1. The monoisotopic (exact) mass is 407 g/mol. The highest BCUT2D eigenvalue weighted by Crippen LogP contribution is 2.28. The summed E-state index contributed by atoms with van der Waals surface area (Å²) in [6.45, 7) is 4.27. The van der Waals surface area contributed by atoms with Crippen LogP contribution in [-0.4, -0.2) is 21.1 Å². The predicted molar refractivity (Wildman–Crippen MR) is 113 cm³/mol. The van der Waals surface area contributed by atoms with Crippen LogP contribution in [0.4, 0.5) is 5.13 Å². The van der Waals surface area contributed by atoms with E-state index in [9.17, 15) is 20.3 Å². The number of nitriles is 1. The van der Waals surface area contributed by atoms with Gasteiger partial charge in [-0.15, -0.1) is 11.3 Å². The number of hydrogen-bond donors (Lipinski definition) is 3. The molecule has 29 heavy (non-hydrogen) atoms. The highest BCUT2D eigenvalue weighted by Gasteiger charge is 2.20. The lowest BCUT2D eigenvalue weighted by atomic mass is 9.99. The molecule has 0 aliphatic rings. The molecule has 1 heterocycles. The number of nitrogens with zero attached hydrogens (tertiary/aromatic N) is 2. The fraction of sp³-hybridized carbons (Fsp3) is 0.227. The first-order valence-electron chi connectivity index (χ1n) is 9.14. The molecule has 0 bridgehead atoms. The molecule has 3 N–H and O–H groups in total. The molecule has 1 aromatic heterocycles. The van der Waals surface area contributed by atoms with Crippen molar-refractivity contribution in [3.05, 3.63) is 59.0 Å². The third-order valence-electron chi connectivity index (χ3n) is 4.56. The van der Waals surface area contributed by atoms with Crippen molar-refractivity contribution in [2.24, 2.45) is 5.92 Å². The van der Waals surface area contributed by atoms with Crippen LogP contribution in [0.5, 0.6) is 11.5 Å². The number of aromatic nitrogens is 1. The van der Waals surface area contributed by atoms with Gasteiger partial charge in [0.25, 0.3) is 0 Å². The van der Waals surface area contributed by atoms with E-state index in [-0.39, 0.29) is 17.9 Å².